The number of hydrogen-bond donors (Lipinski definition) is 2. The van der Waals surface area contributed by atoms with Crippen LogP contribution in [0.25, 0.3) is 0 Å². The van der Waals surface area contributed by atoms with Gasteiger partial charge >= 0.3 is 0 Å². The molecular weight excluding hydrogens is 360 g/mol. The minimum absolute atomic E-state index is 0.216. The fraction of sp³-hybridized carbons (Fsp3) is 0.476. The maximum absolute atomic E-state index is 12.8. The Bertz CT molecular complexity index is 702. The summed E-state index contributed by atoms with van der Waals surface area (Å²) in [5.74, 6) is -1.74. The van der Waals surface area contributed by atoms with Crippen LogP contribution in [0, 0.1) is 0 Å². The maximum atomic E-state index is 12.8. The predicted octanol–water partition coefficient (Wildman–Crippen LogP) is 1.76. The summed E-state index contributed by atoms with van der Waals surface area (Å²) in [6, 6.07) is 6.10. The highest BCUT2D eigenvalue weighted by Crippen LogP contribution is 2.12. The number of hydrogen-bond acceptors (Lipinski definition) is 5. The van der Waals surface area contributed by atoms with Gasteiger partial charge in [0.15, 0.2) is 0 Å². The van der Waals surface area contributed by atoms with Gasteiger partial charge in [0.05, 0.1) is 26.4 Å². The van der Waals surface area contributed by atoms with Crippen molar-refractivity contribution < 1.29 is 23.9 Å². The zero-order valence-electron chi connectivity index (χ0n) is 16.2. The number of nitrogens with one attached hydrogen (secondary N) is 2. The van der Waals surface area contributed by atoms with E-state index in [0.29, 0.717) is 37.5 Å². The van der Waals surface area contributed by atoms with Crippen LogP contribution >= 0.6 is 0 Å². The van der Waals surface area contributed by atoms with Crippen LogP contribution < -0.4 is 10.6 Å². The molecule has 0 fully saturated rings. The Balaban J connectivity index is 2.17. The lowest BCUT2D eigenvalue weighted by atomic mass is 10.0. The molecule has 1 aliphatic heterocycles. The van der Waals surface area contributed by atoms with Crippen molar-refractivity contribution in [3.05, 3.63) is 47.5 Å². The van der Waals surface area contributed by atoms with Crippen LogP contribution in [0.15, 0.2) is 36.4 Å². The van der Waals surface area contributed by atoms with E-state index in [1.54, 1.807) is 30.4 Å². The zero-order valence-corrected chi connectivity index (χ0v) is 16.2. The second-order valence-corrected chi connectivity index (χ2v) is 6.49. The number of Topliss-reactive ketones (excluding diaryl/α,β-unsaturated/α-hetero) is 1. The first-order valence-electron chi connectivity index (χ1n) is 9.64. The molecule has 0 saturated carbocycles. The van der Waals surface area contributed by atoms with Crippen LogP contribution in [-0.4, -0.2) is 50.0 Å². The van der Waals surface area contributed by atoms with Crippen LogP contribution in [0.4, 0.5) is 0 Å². The SMILES string of the molecule is CCCCNC(=O)C(=O)[C@@H]1C/C=C/COCCOCc2ccccc2C(=O)N1. The summed E-state index contributed by atoms with van der Waals surface area (Å²) in [6.45, 7) is 3.92. The molecule has 0 saturated heterocycles. The number of amides is 2. The van der Waals surface area contributed by atoms with E-state index in [9.17, 15) is 14.4 Å². The minimum Gasteiger partial charge on any atom is -0.375 e. The molecule has 152 valence electrons. The summed E-state index contributed by atoms with van der Waals surface area (Å²) in [4.78, 5) is 37.5. The van der Waals surface area contributed by atoms with Crippen molar-refractivity contribution in [2.75, 3.05) is 26.4 Å². The monoisotopic (exact) mass is 388 g/mol. The molecule has 0 radical (unpaired) electrons. The second-order valence-electron chi connectivity index (χ2n) is 6.49. The van der Waals surface area contributed by atoms with Gasteiger partial charge in [-0.2, -0.15) is 0 Å². The highest BCUT2D eigenvalue weighted by Gasteiger charge is 2.26. The number of unbranched alkanes of at least 4 members (excludes halogenated alkanes) is 1. The Labute approximate surface area is 165 Å². The van der Waals surface area contributed by atoms with E-state index < -0.39 is 23.6 Å². The Hall–Kier alpha value is -2.51. The lowest BCUT2D eigenvalue weighted by Gasteiger charge is -2.18. The molecule has 28 heavy (non-hydrogen) atoms. The van der Waals surface area contributed by atoms with Crippen molar-refractivity contribution in [2.45, 2.75) is 38.8 Å². The van der Waals surface area contributed by atoms with Gasteiger partial charge in [-0.3, -0.25) is 14.4 Å². The van der Waals surface area contributed by atoms with Crippen molar-refractivity contribution >= 4 is 17.6 Å². The van der Waals surface area contributed by atoms with Crippen molar-refractivity contribution in [3.63, 3.8) is 0 Å². The summed E-state index contributed by atoms with van der Waals surface area (Å²) < 4.78 is 11.0. The number of carbonyl (C=O) groups excluding carboxylic acids is 3. The Kier molecular flexibility index (Phi) is 9.37. The van der Waals surface area contributed by atoms with E-state index in [4.69, 9.17) is 9.47 Å². The number of carbonyl (C=O) groups is 3. The van der Waals surface area contributed by atoms with Crippen molar-refractivity contribution in [3.8, 4) is 0 Å². The van der Waals surface area contributed by atoms with Gasteiger partial charge in [0, 0.05) is 12.1 Å². The van der Waals surface area contributed by atoms with Gasteiger partial charge in [0.25, 0.3) is 11.8 Å². The van der Waals surface area contributed by atoms with Crippen LogP contribution in [0.3, 0.4) is 0 Å². The van der Waals surface area contributed by atoms with Crippen molar-refractivity contribution in [1.82, 2.24) is 10.6 Å². The fourth-order valence-electron chi connectivity index (χ4n) is 2.71. The maximum Gasteiger partial charge on any atom is 0.289 e. The molecule has 0 unspecified atom stereocenters. The second kappa shape index (κ2) is 12.0. The van der Waals surface area contributed by atoms with Gasteiger partial charge in [-0.1, -0.05) is 43.7 Å². The smallest absolute Gasteiger partial charge is 0.289 e. The van der Waals surface area contributed by atoms with E-state index in [0.717, 1.165) is 12.8 Å². The zero-order chi connectivity index (χ0) is 20.2. The van der Waals surface area contributed by atoms with Crippen LogP contribution in [0.1, 0.15) is 42.1 Å². The van der Waals surface area contributed by atoms with E-state index in [2.05, 4.69) is 10.6 Å². The molecule has 2 amide bonds. The molecule has 1 heterocycles. The van der Waals surface area contributed by atoms with Gasteiger partial charge in [0.1, 0.15) is 6.04 Å². The van der Waals surface area contributed by atoms with Gasteiger partial charge in [0.2, 0.25) is 5.78 Å². The molecule has 2 N–H and O–H groups in total. The molecule has 0 spiro atoms. The first-order valence-corrected chi connectivity index (χ1v) is 9.64. The summed E-state index contributed by atoms with van der Waals surface area (Å²) in [6.07, 6.45) is 5.42. The molecule has 0 bridgehead atoms. The molecule has 7 nitrogen and oxygen atoms in total. The molecule has 1 atom stereocenters. The minimum atomic E-state index is -0.942. The summed E-state index contributed by atoms with van der Waals surface area (Å²) in [5.41, 5.74) is 1.14. The van der Waals surface area contributed by atoms with E-state index >= 15 is 0 Å². The molecule has 2 rings (SSSR count). The molecular formula is C21H28N2O5. The first kappa shape index (κ1) is 21.8. The summed E-state index contributed by atoms with van der Waals surface area (Å²) in [7, 11) is 0. The summed E-state index contributed by atoms with van der Waals surface area (Å²) in [5, 5.41) is 5.31. The van der Waals surface area contributed by atoms with Gasteiger partial charge in [-0.05, 0) is 24.5 Å². The number of fused-ring (bicyclic) bond motifs is 1. The van der Waals surface area contributed by atoms with Crippen molar-refractivity contribution in [2.24, 2.45) is 0 Å². The topological polar surface area (TPSA) is 93.7 Å². The molecule has 0 aromatic heterocycles. The highest BCUT2D eigenvalue weighted by atomic mass is 16.5. The molecule has 7 heteroatoms. The Morgan fingerprint density at radius 1 is 1.18 bits per heavy atom. The average Bonchev–Trinajstić information content (AvgIpc) is 2.71. The van der Waals surface area contributed by atoms with Crippen LogP contribution in [0.5, 0.6) is 0 Å². The number of ether oxygens (including phenoxy) is 2. The lowest BCUT2D eigenvalue weighted by Crippen LogP contribution is -2.47. The normalized spacial score (nSPS) is 19.6. The first-order chi connectivity index (χ1) is 13.6. The number of rotatable bonds is 5. The van der Waals surface area contributed by atoms with E-state index in [1.807, 2.05) is 13.0 Å². The fourth-order valence-corrected chi connectivity index (χ4v) is 2.71. The quantitative estimate of drug-likeness (QED) is 0.455. The Morgan fingerprint density at radius 2 is 1.96 bits per heavy atom. The van der Waals surface area contributed by atoms with Crippen LogP contribution in [-0.2, 0) is 25.7 Å². The largest absolute Gasteiger partial charge is 0.375 e. The van der Waals surface area contributed by atoms with Crippen LogP contribution in [0.2, 0.25) is 0 Å². The molecule has 1 aromatic carbocycles. The number of benzene rings is 1. The third kappa shape index (κ3) is 6.90. The summed E-state index contributed by atoms with van der Waals surface area (Å²) >= 11 is 0. The van der Waals surface area contributed by atoms with E-state index in [-0.39, 0.29) is 13.0 Å². The Morgan fingerprint density at radius 3 is 2.79 bits per heavy atom. The third-order valence-corrected chi connectivity index (χ3v) is 4.31. The lowest BCUT2D eigenvalue weighted by molar-refractivity contribution is -0.138. The highest BCUT2D eigenvalue weighted by molar-refractivity contribution is 6.38. The van der Waals surface area contributed by atoms with Crippen molar-refractivity contribution in [1.29, 1.82) is 0 Å². The number of ketones is 1. The van der Waals surface area contributed by atoms with Gasteiger partial charge in [-0.25, -0.2) is 0 Å². The van der Waals surface area contributed by atoms with Gasteiger partial charge in [-0.15, -0.1) is 0 Å². The standard InChI is InChI=1S/C21H28N2O5/c1-2-3-11-22-21(26)19(24)18-10-6-7-12-27-13-14-28-15-16-8-4-5-9-17(16)20(25)23-18/h4-9,18H,2-3,10-15H2,1H3,(H,22,26)(H,23,25)/b7-6+/t18-/m0/s1. The molecule has 0 aliphatic carbocycles. The molecule has 1 aliphatic rings. The third-order valence-electron chi connectivity index (χ3n) is 4.31. The average molecular weight is 388 g/mol. The molecule has 1 aromatic rings. The van der Waals surface area contributed by atoms with Gasteiger partial charge < -0.3 is 20.1 Å². The predicted molar refractivity (Wildman–Crippen MR) is 105 cm³/mol. The van der Waals surface area contributed by atoms with E-state index in [1.165, 1.54) is 0 Å².